The Balaban J connectivity index is 1.93. The van der Waals surface area contributed by atoms with E-state index in [1.807, 2.05) is 61.5 Å². The number of ether oxygens (including phenoxy) is 1. The molecule has 0 saturated carbocycles. The van der Waals surface area contributed by atoms with E-state index in [2.05, 4.69) is 5.32 Å². The van der Waals surface area contributed by atoms with Crippen molar-refractivity contribution in [3.8, 4) is 5.75 Å². The van der Waals surface area contributed by atoms with Crippen molar-refractivity contribution in [1.29, 1.82) is 0 Å². The number of nitrogens with one attached hydrogen (secondary N) is 1. The third-order valence-electron chi connectivity index (χ3n) is 3.23. The van der Waals surface area contributed by atoms with Gasteiger partial charge in [-0.25, -0.2) is 0 Å². The van der Waals surface area contributed by atoms with E-state index in [0.29, 0.717) is 6.42 Å². The molecule has 0 unspecified atom stereocenters. The summed E-state index contributed by atoms with van der Waals surface area (Å²) >= 11 is 0. The van der Waals surface area contributed by atoms with E-state index in [1.165, 1.54) is 0 Å². The average Bonchev–Trinajstić information content (AvgIpc) is 2.48. The van der Waals surface area contributed by atoms with Gasteiger partial charge in [0, 0.05) is 12.1 Å². The van der Waals surface area contributed by atoms with E-state index < -0.39 is 0 Å². The maximum Gasteiger partial charge on any atom is 0.224 e. The summed E-state index contributed by atoms with van der Waals surface area (Å²) in [5.74, 6) is 1.03. The highest BCUT2D eigenvalue weighted by Crippen LogP contribution is 2.22. The molecule has 104 valence electrons. The quantitative estimate of drug-likeness (QED) is 0.896. The highest BCUT2D eigenvalue weighted by atomic mass is 16.5. The Kier molecular flexibility index (Phi) is 4.77. The zero-order valence-electron chi connectivity index (χ0n) is 11.8. The maximum absolute atomic E-state index is 12.0. The van der Waals surface area contributed by atoms with Crippen molar-refractivity contribution in [2.75, 3.05) is 12.4 Å². The fraction of sp³-hybridized carbons (Fsp3) is 0.235. The molecule has 0 radical (unpaired) electrons. The highest BCUT2D eigenvalue weighted by molar-refractivity contribution is 5.91. The summed E-state index contributed by atoms with van der Waals surface area (Å²) in [5, 5.41) is 2.90. The van der Waals surface area contributed by atoms with Crippen LogP contribution in [-0.2, 0) is 4.79 Å². The van der Waals surface area contributed by atoms with E-state index in [-0.39, 0.29) is 11.8 Å². The van der Waals surface area contributed by atoms with Crippen LogP contribution in [-0.4, -0.2) is 13.0 Å². The van der Waals surface area contributed by atoms with Gasteiger partial charge in [-0.2, -0.15) is 0 Å². The average molecular weight is 269 g/mol. The van der Waals surface area contributed by atoms with E-state index in [1.54, 1.807) is 7.11 Å². The van der Waals surface area contributed by atoms with Crippen LogP contribution in [0.2, 0.25) is 0 Å². The first-order valence-corrected chi connectivity index (χ1v) is 6.68. The number of carbonyl (C=O) groups is 1. The van der Waals surface area contributed by atoms with Crippen molar-refractivity contribution in [1.82, 2.24) is 0 Å². The standard InChI is InChI=1S/C17H19NO2/c1-13(14-8-10-16(20-2)11-9-14)12-17(19)18-15-6-4-3-5-7-15/h3-11,13H,12H2,1-2H3,(H,18,19)/t13-/m1/s1. The van der Waals surface area contributed by atoms with Gasteiger partial charge in [0.25, 0.3) is 0 Å². The van der Waals surface area contributed by atoms with Gasteiger partial charge in [-0.05, 0) is 35.7 Å². The first-order valence-electron chi connectivity index (χ1n) is 6.68. The highest BCUT2D eigenvalue weighted by Gasteiger charge is 2.11. The number of anilines is 1. The number of para-hydroxylation sites is 1. The zero-order valence-corrected chi connectivity index (χ0v) is 11.8. The second kappa shape index (κ2) is 6.75. The lowest BCUT2D eigenvalue weighted by atomic mass is 9.97. The SMILES string of the molecule is COc1ccc([C@H](C)CC(=O)Nc2ccccc2)cc1. The number of methoxy groups -OCH3 is 1. The molecule has 2 rings (SSSR count). The Labute approximate surface area is 119 Å². The van der Waals surface area contributed by atoms with Crippen LogP contribution in [0.25, 0.3) is 0 Å². The molecule has 0 aliphatic carbocycles. The van der Waals surface area contributed by atoms with Gasteiger partial charge in [-0.3, -0.25) is 4.79 Å². The number of amides is 1. The summed E-state index contributed by atoms with van der Waals surface area (Å²) < 4.78 is 5.13. The van der Waals surface area contributed by atoms with Gasteiger partial charge in [0.2, 0.25) is 5.91 Å². The molecule has 20 heavy (non-hydrogen) atoms. The van der Waals surface area contributed by atoms with E-state index in [4.69, 9.17) is 4.74 Å². The fourth-order valence-corrected chi connectivity index (χ4v) is 2.06. The molecule has 0 heterocycles. The number of carbonyl (C=O) groups excluding carboxylic acids is 1. The molecule has 0 aliphatic heterocycles. The largest absolute Gasteiger partial charge is 0.497 e. The Bertz CT molecular complexity index is 549. The van der Waals surface area contributed by atoms with Crippen LogP contribution in [0.3, 0.4) is 0 Å². The summed E-state index contributed by atoms with van der Waals surface area (Å²) in [7, 11) is 1.64. The first-order chi connectivity index (χ1) is 9.69. The Hall–Kier alpha value is -2.29. The molecule has 0 bridgehead atoms. The molecule has 0 spiro atoms. The predicted octanol–water partition coefficient (Wildman–Crippen LogP) is 3.83. The number of hydrogen-bond donors (Lipinski definition) is 1. The summed E-state index contributed by atoms with van der Waals surface area (Å²) in [5.41, 5.74) is 1.97. The zero-order chi connectivity index (χ0) is 14.4. The molecule has 0 aliphatic rings. The van der Waals surface area contributed by atoms with Crippen LogP contribution >= 0.6 is 0 Å². The number of hydrogen-bond acceptors (Lipinski definition) is 2. The molecular weight excluding hydrogens is 250 g/mol. The Morgan fingerprint density at radius 1 is 1.10 bits per heavy atom. The van der Waals surface area contributed by atoms with Crippen LogP contribution in [0, 0.1) is 0 Å². The molecule has 0 aromatic heterocycles. The van der Waals surface area contributed by atoms with Crippen molar-refractivity contribution in [2.24, 2.45) is 0 Å². The Morgan fingerprint density at radius 3 is 2.35 bits per heavy atom. The molecular formula is C17H19NO2. The lowest BCUT2D eigenvalue weighted by molar-refractivity contribution is -0.116. The maximum atomic E-state index is 12.0. The summed E-state index contributed by atoms with van der Waals surface area (Å²) in [6.07, 6.45) is 0.460. The van der Waals surface area contributed by atoms with Crippen molar-refractivity contribution in [2.45, 2.75) is 19.3 Å². The van der Waals surface area contributed by atoms with Crippen molar-refractivity contribution in [3.63, 3.8) is 0 Å². The number of benzene rings is 2. The molecule has 0 fully saturated rings. The lowest BCUT2D eigenvalue weighted by Crippen LogP contribution is -2.14. The fourth-order valence-electron chi connectivity index (χ4n) is 2.06. The smallest absolute Gasteiger partial charge is 0.224 e. The second-order valence-electron chi connectivity index (χ2n) is 4.79. The number of rotatable bonds is 5. The van der Waals surface area contributed by atoms with Crippen molar-refractivity contribution >= 4 is 11.6 Å². The topological polar surface area (TPSA) is 38.3 Å². The molecule has 2 aromatic carbocycles. The molecule has 1 atom stereocenters. The first kappa shape index (κ1) is 14.1. The lowest BCUT2D eigenvalue weighted by Gasteiger charge is -2.12. The molecule has 1 N–H and O–H groups in total. The third-order valence-corrected chi connectivity index (χ3v) is 3.23. The summed E-state index contributed by atoms with van der Waals surface area (Å²) in [6.45, 7) is 2.05. The minimum atomic E-state index is 0.0273. The van der Waals surface area contributed by atoms with Crippen molar-refractivity contribution in [3.05, 3.63) is 60.2 Å². The molecule has 0 saturated heterocycles. The summed E-state index contributed by atoms with van der Waals surface area (Å²) in [4.78, 5) is 12.0. The summed E-state index contributed by atoms with van der Waals surface area (Å²) in [6, 6.07) is 17.3. The van der Waals surface area contributed by atoms with Gasteiger partial charge in [0.15, 0.2) is 0 Å². The minimum Gasteiger partial charge on any atom is -0.497 e. The van der Waals surface area contributed by atoms with Gasteiger partial charge < -0.3 is 10.1 Å². The van der Waals surface area contributed by atoms with Crippen molar-refractivity contribution < 1.29 is 9.53 Å². The van der Waals surface area contributed by atoms with E-state index in [9.17, 15) is 4.79 Å². The third kappa shape index (κ3) is 3.85. The molecule has 2 aromatic rings. The molecule has 3 nitrogen and oxygen atoms in total. The predicted molar refractivity (Wildman–Crippen MR) is 81.1 cm³/mol. The minimum absolute atomic E-state index is 0.0273. The van der Waals surface area contributed by atoms with Gasteiger partial charge in [-0.1, -0.05) is 37.3 Å². The second-order valence-corrected chi connectivity index (χ2v) is 4.79. The van der Waals surface area contributed by atoms with Crippen LogP contribution < -0.4 is 10.1 Å². The van der Waals surface area contributed by atoms with Gasteiger partial charge >= 0.3 is 0 Å². The van der Waals surface area contributed by atoms with Gasteiger partial charge in [-0.15, -0.1) is 0 Å². The van der Waals surface area contributed by atoms with Gasteiger partial charge in [0.1, 0.15) is 5.75 Å². The van der Waals surface area contributed by atoms with Crippen LogP contribution in [0.5, 0.6) is 5.75 Å². The Morgan fingerprint density at radius 2 is 1.75 bits per heavy atom. The van der Waals surface area contributed by atoms with Crippen LogP contribution in [0.4, 0.5) is 5.69 Å². The van der Waals surface area contributed by atoms with Crippen LogP contribution in [0.1, 0.15) is 24.8 Å². The van der Waals surface area contributed by atoms with E-state index in [0.717, 1.165) is 17.0 Å². The van der Waals surface area contributed by atoms with Crippen LogP contribution in [0.15, 0.2) is 54.6 Å². The normalized spacial score (nSPS) is 11.7. The molecule has 1 amide bonds. The van der Waals surface area contributed by atoms with Gasteiger partial charge in [0.05, 0.1) is 7.11 Å². The van der Waals surface area contributed by atoms with E-state index >= 15 is 0 Å². The molecule has 3 heteroatoms. The monoisotopic (exact) mass is 269 g/mol.